The van der Waals surface area contributed by atoms with E-state index in [0.717, 1.165) is 10.6 Å². The zero-order valence-electron chi connectivity index (χ0n) is 17.9. The second kappa shape index (κ2) is 10.0. The first kappa shape index (κ1) is 24.5. The number of nitrogens with one attached hydrogen (secondary N) is 1. The molecule has 0 aliphatic rings. The molecule has 2 rings (SSSR count). The van der Waals surface area contributed by atoms with Crippen LogP contribution >= 0.6 is 11.6 Å². The molecule has 0 saturated heterocycles. The molecule has 0 spiro atoms. The van der Waals surface area contributed by atoms with E-state index < -0.39 is 27.9 Å². The van der Waals surface area contributed by atoms with Crippen LogP contribution in [0, 0.1) is 6.92 Å². The number of anilines is 2. The van der Waals surface area contributed by atoms with Gasteiger partial charge < -0.3 is 14.8 Å². The summed E-state index contributed by atoms with van der Waals surface area (Å²) in [5.74, 6) is -0.781. The molecule has 0 heterocycles. The largest absolute Gasteiger partial charge is 0.495 e. The van der Waals surface area contributed by atoms with Crippen LogP contribution in [0.5, 0.6) is 5.75 Å². The topological polar surface area (TPSA) is 102 Å². The number of hydrogen-bond donors (Lipinski definition) is 1. The molecule has 0 aliphatic heterocycles. The van der Waals surface area contributed by atoms with Crippen LogP contribution < -0.4 is 14.4 Å². The Morgan fingerprint density at radius 3 is 2.42 bits per heavy atom. The Morgan fingerprint density at radius 1 is 1.19 bits per heavy atom. The maximum atomic E-state index is 12.9. The highest BCUT2D eigenvalue weighted by atomic mass is 35.5. The molecule has 1 atom stereocenters. The number of carbonyl (C=O) groups excluding carboxylic acids is 2. The number of methoxy groups -OCH3 is 1. The molecule has 10 heteroatoms. The van der Waals surface area contributed by atoms with E-state index in [2.05, 4.69) is 5.32 Å². The molecule has 0 aliphatic carbocycles. The number of aryl methyl sites for hydroxylation is 1. The van der Waals surface area contributed by atoms with Crippen LogP contribution in [0.1, 0.15) is 29.8 Å². The SMILES string of the molecule is CCOC(=O)c1ccc(NC(=O)[C@@H](C)N(c2cc(Cl)ccc2OC)S(C)(=O)=O)c(C)c1. The van der Waals surface area contributed by atoms with E-state index in [0.29, 0.717) is 21.8 Å². The Bertz CT molecular complexity index is 1090. The van der Waals surface area contributed by atoms with Gasteiger partial charge >= 0.3 is 5.97 Å². The minimum absolute atomic E-state index is 0.148. The molecule has 31 heavy (non-hydrogen) atoms. The third-order valence-corrected chi connectivity index (χ3v) is 5.92. The van der Waals surface area contributed by atoms with Crippen molar-refractivity contribution in [3.8, 4) is 5.75 Å². The average Bonchev–Trinajstić information content (AvgIpc) is 2.68. The van der Waals surface area contributed by atoms with E-state index in [1.807, 2.05) is 0 Å². The molecule has 0 bridgehead atoms. The lowest BCUT2D eigenvalue weighted by Crippen LogP contribution is -2.45. The van der Waals surface area contributed by atoms with Crippen molar-refractivity contribution in [2.24, 2.45) is 0 Å². The first-order chi connectivity index (χ1) is 14.5. The van der Waals surface area contributed by atoms with Crippen LogP contribution in [0.15, 0.2) is 36.4 Å². The Kier molecular flexibility index (Phi) is 7.91. The van der Waals surface area contributed by atoms with Gasteiger partial charge in [-0.25, -0.2) is 13.2 Å². The molecular formula is C21H25ClN2O6S. The van der Waals surface area contributed by atoms with E-state index in [1.165, 1.54) is 32.2 Å². The second-order valence-electron chi connectivity index (χ2n) is 6.79. The van der Waals surface area contributed by atoms with Gasteiger partial charge in [0, 0.05) is 10.7 Å². The van der Waals surface area contributed by atoms with E-state index in [1.54, 1.807) is 32.0 Å². The molecule has 0 aromatic heterocycles. The average molecular weight is 469 g/mol. The Balaban J connectivity index is 2.35. The fourth-order valence-corrected chi connectivity index (χ4v) is 4.34. The minimum atomic E-state index is -3.87. The molecule has 2 aromatic carbocycles. The number of nitrogens with zero attached hydrogens (tertiary/aromatic N) is 1. The number of halogens is 1. The van der Waals surface area contributed by atoms with Crippen LogP contribution in [0.4, 0.5) is 11.4 Å². The predicted octanol–water partition coefficient (Wildman–Crippen LogP) is 3.63. The lowest BCUT2D eigenvalue weighted by molar-refractivity contribution is -0.116. The van der Waals surface area contributed by atoms with Gasteiger partial charge in [-0.15, -0.1) is 0 Å². The van der Waals surface area contributed by atoms with Crippen LogP contribution in [0.25, 0.3) is 0 Å². The van der Waals surface area contributed by atoms with Crippen LogP contribution in [0.3, 0.4) is 0 Å². The number of esters is 1. The van der Waals surface area contributed by atoms with Crippen molar-refractivity contribution < 1.29 is 27.5 Å². The number of hydrogen-bond acceptors (Lipinski definition) is 6. The fourth-order valence-electron chi connectivity index (χ4n) is 3.00. The van der Waals surface area contributed by atoms with Crippen molar-refractivity contribution in [2.75, 3.05) is 29.6 Å². The smallest absolute Gasteiger partial charge is 0.338 e. The molecule has 0 unspecified atom stereocenters. The molecule has 0 saturated carbocycles. The highest BCUT2D eigenvalue weighted by molar-refractivity contribution is 7.92. The van der Waals surface area contributed by atoms with Gasteiger partial charge in [0.05, 0.1) is 31.2 Å². The van der Waals surface area contributed by atoms with E-state index in [9.17, 15) is 18.0 Å². The van der Waals surface area contributed by atoms with Gasteiger partial charge in [-0.05, 0) is 62.7 Å². The van der Waals surface area contributed by atoms with Crippen molar-refractivity contribution in [2.45, 2.75) is 26.8 Å². The van der Waals surface area contributed by atoms with Gasteiger partial charge in [0.25, 0.3) is 0 Å². The molecule has 1 amide bonds. The summed E-state index contributed by atoms with van der Waals surface area (Å²) in [4.78, 5) is 24.8. The lowest BCUT2D eigenvalue weighted by Gasteiger charge is -2.29. The third-order valence-electron chi connectivity index (χ3n) is 4.46. The van der Waals surface area contributed by atoms with Crippen molar-refractivity contribution in [1.29, 1.82) is 0 Å². The summed E-state index contributed by atoms with van der Waals surface area (Å²) in [5.41, 5.74) is 1.56. The maximum Gasteiger partial charge on any atom is 0.338 e. The van der Waals surface area contributed by atoms with Crippen molar-refractivity contribution >= 4 is 44.9 Å². The zero-order chi connectivity index (χ0) is 23.3. The van der Waals surface area contributed by atoms with Crippen molar-refractivity contribution in [3.05, 3.63) is 52.5 Å². The van der Waals surface area contributed by atoms with Gasteiger partial charge in [-0.2, -0.15) is 0 Å². The molecular weight excluding hydrogens is 444 g/mol. The summed E-state index contributed by atoms with van der Waals surface area (Å²) >= 11 is 6.05. The maximum absolute atomic E-state index is 12.9. The minimum Gasteiger partial charge on any atom is -0.495 e. The summed E-state index contributed by atoms with van der Waals surface area (Å²) in [6.45, 7) is 5.14. The van der Waals surface area contributed by atoms with Gasteiger partial charge in [-0.3, -0.25) is 9.10 Å². The molecule has 8 nitrogen and oxygen atoms in total. The monoisotopic (exact) mass is 468 g/mol. The highest BCUT2D eigenvalue weighted by Crippen LogP contribution is 2.34. The molecule has 0 fully saturated rings. The predicted molar refractivity (Wildman–Crippen MR) is 121 cm³/mol. The summed E-state index contributed by atoms with van der Waals surface area (Å²) in [5, 5.41) is 3.01. The first-order valence-electron chi connectivity index (χ1n) is 9.41. The first-order valence-corrected chi connectivity index (χ1v) is 11.6. The van der Waals surface area contributed by atoms with Crippen LogP contribution in [0.2, 0.25) is 5.02 Å². The molecule has 168 valence electrons. The van der Waals surface area contributed by atoms with E-state index >= 15 is 0 Å². The van der Waals surface area contributed by atoms with Gasteiger partial charge in [0.15, 0.2) is 0 Å². The molecule has 0 radical (unpaired) electrons. The highest BCUT2D eigenvalue weighted by Gasteiger charge is 2.31. The van der Waals surface area contributed by atoms with Gasteiger partial charge in [0.1, 0.15) is 11.8 Å². The Morgan fingerprint density at radius 2 is 1.87 bits per heavy atom. The van der Waals surface area contributed by atoms with Crippen molar-refractivity contribution in [3.63, 3.8) is 0 Å². The summed E-state index contributed by atoms with van der Waals surface area (Å²) in [7, 11) is -2.47. The summed E-state index contributed by atoms with van der Waals surface area (Å²) in [6, 6.07) is 8.07. The lowest BCUT2D eigenvalue weighted by atomic mass is 10.1. The van der Waals surface area contributed by atoms with Crippen molar-refractivity contribution in [1.82, 2.24) is 0 Å². The van der Waals surface area contributed by atoms with Gasteiger partial charge in [-0.1, -0.05) is 11.6 Å². The number of amides is 1. The standard InChI is InChI=1S/C21H25ClN2O6S/c1-6-30-21(26)15-7-9-17(13(2)11-15)23-20(25)14(3)24(31(5,27)28)18-12-16(22)8-10-19(18)29-4/h7-12,14H,6H2,1-5H3,(H,23,25)/t14-/m1/s1. The van der Waals surface area contributed by atoms with Crippen LogP contribution in [-0.4, -0.2) is 46.3 Å². The number of benzene rings is 2. The Hall–Kier alpha value is -2.78. The quantitative estimate of drug-likeness (QED) is 0.593. The normalized spacial score (nSPS) is 12.1. The number of sulfonamides is 1. The summed E-state index contributed by atoms with van der Waals surface area (Å²) in [6.07, 6.45) is 0.997. The number of ether oxygens (including phenoxy) is 2. The van der Waals surface area contributed by atoms with E-state index in [4.69, 9.17) is 21.1 Å². The fraction of sp³-hybridized carbons (Fsp3) is 0.333. The van der Waals surface area contributed by atoms with Gasteiger partial charge in [0.2, 0.25) is 15.9 Å². The Labute approximate surface area is 187 Å². The third kappa shape index (κ3) is 5.89. The summed E-state index contributed by atoms with van der Waals surface area (Å²) < 4.78 is 36.3. The van der Waals surface area contributed by atoms with E-state index in [-0.39, 0.29) is 18.0 Å². The molecule has 2 aromatic rings. The second-order valence-corrected chi connectivity index (χ2v) is 9.09. The zero-order valence-corrected chi connectivity index (χ0v) is 19.5. The number of rotatable bonds is 8. The van der Waals surface area contributed by atoms with Crippen LogP contribution in [-0.2, 0) is 19.6 Å². The molecule has 1 N–H and O–H groups in total. The number of carbonyl (C=O) groups is 2.